The van der Waals surface area contributed by atoms with Crippen molar-refractivity contribution in [2.75, 3.05) is 81.3 Å². The molecule has 0 heterocycles. The molecular weight excluding hydrogens is 624 g/mol. The molecule has 0 bridgehead atoms. The average Bonchev–Trinajstić information content (AvgIpc) is 3.10. The van der Waals surface area contributed by atoms with Crippen LogP contribution >= 0.6 is 0 Å². The van der Waals surface area contributed by atoms with E-state index in [1.165, 1.54) is 0 Å². The summed E-state index contributed by atoms with van der Waals surface area (Å²) in [6, 6.07) is 0. The maximum Gasteiger partial charge on any atom is 0.158 e. The third kappa shape index (κ3) is 63.6. The second-order valence-corrected chi connectivity index (χ2v) is 10.1. The summed E-state index contributed by atoms with van der Waals surface area (Å²) in [5.41, 5.74) is 0. The molecule has 5 unspecified atom stereocenters. The van der Waals surface area contributed by atoms with Crippen molar-refractivity contribution >= 4 is 11.6 Å². The van der Waals surface area contributed by atoms with E-state index in [2.05, 4.69) is 18.6 Å². The Bertz CT molecular complexity index is 538. The first kappa shape index (κ1) is 62.1. The number of aliphatic hydroxyl groups is 4. The van der Waals surface area contributed by atoms with Crippen LogP contribution in [-0.4, -0.2) is 138 Å². The molecule has 298 valence electrons. The van der Waals surface area contributed by atoms with Crippen molar-refractivity contribution in [3.8, 4) is 0 Å². The fourth-order valence-electron chi connectivity index (χ4n) is 2.58. The van der Waals surface area contributed by atoms with E-state index in [1.54, 1.807) is 35.2 Å². The number of Topliss-reactive ketones (excluding diaryl/α,β-unsaturated/α-hetero) is 2. The number of unbranched alkanes of at least 4 members (excludes halogenated alkanes) is 1. The number of hydrogen-bond acceptors (Lipinski definition) is 12. The van der Waals surface area contributed by atoms with Crippen molar-refractivity contribution in [1.29, 1.82) is 0 Å². The van der Waals surface area contributed by atoms with E-state index in [-0.39, 0.29) is 48.5 Å². The largest absolute Gasteiger partial charge is 0.400 e. The van der Waals surface area contributed by atoms with Crippen LogP contribution in [-0.2, 0) is 38.0 Å². The first-order chi connectivity index (χ1) is 22.8. The Morgan fingerprint density at radius 1 is 0.646 bits per heavy atom. The predicted molar refractivity (Wildman–Crippen MR) is 197 cm³/mol. The smallest absolute Gasteiger partial charge is 0.158 e. The molecule has 0 amide bonds. The molecule has 0 spiro atoms. The molecule has 0 aromatic heterocycles. The highest BCUT2D eigenvalue weighted by Gasteiger charge is 2.09. The van der Waals surface area contributed by atoms with Crippen molar-refractivity contribution < 1.29 is 58.4 Å². The molecule has 48 heavy (non-hydrogen) atoms. The number of carbonyl (C=O) groups excluding carboxylic acids is 2. The molecule has 0 aromatic carbocycles. The molecule has 0 aliphatic rings. The van der Waals surface area contributed by atoms with Crippen molar-refractivity contribution in [2.45, 2.75) is 139 Å². The molecule has 5 atom stereocenters. The number of carbonyl (C=O) groups is 2. The lowest BCUT2D eigenvalue weighted by atomic mass is 10.1. The molecule has 0 aliphatic carbocycles. The third-order valence-electron chi connectivity index (χ3n) is 6.09. The SMILES string of the molecule is CCC(CO)OC.CCC(O)COC.CCCCO.CCOC(CC)C(C)=O.CCOCC(C)C(C)=O.CCOCC(CC)OC.CO. The van der Waals surface area contributed by atoms with E-state index in [9.17, 15) is 9.59 Å². The lowest BCUT2D eigenvalue weighted by Gasteiger charge is -2.11. The van der Waals surface area contributed by atoms with Gasteiger partial charge in [-0.2, -0.15) is 0 Å². The quantitative estimate of drug-likeness (QED) is 0.122. The number of aliphatic hydroxyl groups excluding tert-OH is 4. The first-order valence-electron chi connectivity index (χ1n) is 17.5. The minimum absolute atomic E-state index is 0.0417. The summed E-state index contributed by atoms with van der Waals surface area (Å²) < 4.78 is 29.8. The van der Waals surface area contributed by atoms with Gasteiger partial charge in [0.05, 0.1) is 44.7 Å². The van der Waals surface area contributed by atoms with Crippen molar-refractivity contribution in [3.05, 3.63) is 0 Å². The summed E-state index contributed by atoms with van der Waals surface area (Å²) in [7, 11) is 5.90. The van der Waals surface area contributed by atoms with Gasteiger partial charge in [-0.05, 0) is 66.7 Å². The average molecular weight is 707 g/mol. The fraction of sp³-hybridized carbons (Fsp3) is 0.944. The highest BCUT2D eigenvalue weighted by atomic mass is 16.5. The fourth-order valence-corrected chi connectivity index (χ4v) is 2.58. The van der Waals surface area contributed by atoms with E-state index in [0.29, 0.717) is 33.0 Å². The second-order valence-electron chi connectivity index (χ2n) is 10.1. The van der Waals surface area contributed by atoms with Crippen LogP contribution in [0.3, 0.4) is 0 Å². The number of hydrogen-bond donors (Lipinski definition) is 4. The summed E-state index contributed by atoms with van der Waals surface area (Å²) in [5, 5.41) is 32.2. The minimum atomic E-state index is -0.273. The summed E-state index contributed by atoms with van der Waals surface area (Å²) in [4.78, 5) is 21.2. The van der Waals surface area contributed by atoms with Crippen LogP contribution < -0.4 is 0 Å². The lowest BCUT2D eigenvalue weighted by Crippen LogP contribution is -2.20. The van der Waals surface area contributed by atoms with Crippen LogP contribution in [0, 0.1) is 5.92 Å². The molecular formula is C36H82O12. The first-order valence-corrected chi connectivity index (χ1v) is 17.5. The van der Waals surface area contributed by atoms with Gasteiger partial charge in [-0.15, -0.1) is 0 Å². The third-order valence-corrected chi connectivity index (χ3v) is 6.09. The van der Waals surface area contributed by atoms with Gasteiger partial charge in [-0.25, -0.2) is 0 Å². The van der Waals surface area contributed by atoms with Crippen LogP contribution in [0.1, 0.15) is 115 Å². The van der Waals surface area contributed by atoms with E-state index >= 15 is 0 Å². The number of ether oxygens (including phenoxy) is 6. The van der Waals surface area contributed by atoms with Gasteiger partial charge >= 0.3 is 0 Å². The number of ketones is 2. The van der Waals surface area contributed by atoms with Crippen molar-refractivity contribution in [2.24, 2.45) is 5.92 Å². The Labute approximate surface area is 296 Å². The normalized spacial score (nSPS) is 12.6. The van der Waals surface area contributed by atoms with Gasteiger partial charge in [0.1, 0.15) is 11.9 Å². The standard InChI is InChI=1S/C7H14O2.C7H16O2.C7H14O2.2C5H12O2.C4H10O.CH4O/c1-4-9-5-6(2)7(3)8;1-4-7(8-3)6-9-5-2;1-4-7(6(3)8)9-5-2;1-3-5(6)4-7-2;1-3-5(4-6)7-2;1-2-3-4-5;1-2/h6H,4-5H2,1-3H3;7H,4-6H2,1-3H3;7H,4-5H2,1-3H3;2*5-6H,3-4H2,1-2H3;5H,2-4H2,1H3;2H,1H3. The lowest BCUT2D eigenvalue weighted by molar-refractivity contribution is -0.128. The summed E-state index contributed by atoms with van der Waals surface area (Å²) >= 11 is 0. The molecule has 4 N–H and O–H groups in total. The molecule has 0 aliphatic heterocycles. The van der Waals surface area contributed by atoms with Crippen LogP contribution in [0.2, 0.25) is 0 Å². The second kappa shape index (κ2) is 58.2. The Morgan fingerprint density at radius 3 is 1.29 bits per heavy atom. The van der Waals surface area contributed by atoms with Gasteiger partial charge < -0.3 is 48.8 Å². The van der Waals surface area contributed by atoms with Crippen LogP contribution in [0.25, 0.3) is 0 Å². The van der Waals surface area contributed by atoms with E-state index in [4.69, 9.17) is 44.1 Å². The molecule has 0 rings (SSSR count). The Balaban J connectivity index is -0.0000000839. The van der Waals surface area contributed by atoms with Gasteiger partial charge in [0.15, 0.2) is 5.78 Å². The van der Waals surface area contributed by atoms with E-state index in [0.717, 1.165) is 58.8 Å². The van der Waals surface area contributed by atoms with Crippen molar-refractivity contribution in [1.82, 2.24) is 0 Å². The van der Waals surface area contributed by atoms with Crippen molar-refractivity contribution in [3.63, 3.8) is 0 Å². The summed E-state index contributed by atoms with van der Waals surface area (Å²) in [6.45, 7) is 25.1. The summed E-state index contributed by atoms with van der Waals surface area (Å²) in [5.74, 6) is 0.382. The molecule has 0 saturated heterocycles. The van der Waals surface area contributed by atoms with Gasteiger partial charge in [-0.1, -0.05) is 48.0 Å². The van der Waals surface area contributed by atoms with Gasteiger partial charge in [0.2, 0.25) is 0 Å². The molecule has 12 heteroatoms. The topological polar surface area (TPSA) is 170 Å². The Kier molecular flexibility index (Phi) is 75.3. The van der Waals surface area contributed by atoms with Gasteiger partial charge in [-0.3, -0.25) is 9.59 Å². The van der Waals surface area contributed by atoms with Gasteiger partial charge in [0, 0.05) is 60.8 Å². The molecule has 0 aromatic rings. The van der Waals surface area contributed by atoms with Crippen LogP contribution in [0.15, 0.2) is 0 Å². The number of methoxy groups -OCH3 is 3. The molecule has 0 radical (unpaired) electrons. The van der Waals surface area contributed by atoms with Crippen LogP contribution in [0.5, 0.6) is 0 Å². The Morgan fingerprint density at radius 2 is 1.12 bits per heavy atom. The number of rotatable bonds is 21. The predicted octanol–water partition coefficient (Wildman–Crippen LogP) is 5.28. The zero-order valence-corrected chi connectivity index (χ0v) is 33.8. The zero-order chi connectivity index (χ0) is 39.2. The minimum Gasteiger partial charge on any atom is -0.400 e. The Hall–Kier alpha value is -1.06. The highest BCUT2D eigenvalue weighted by molar-refractivity contribution is 5.80. The van der Waals surface area contributed by atoms with Crippen LogP contribution in [0.4, 0.5) is 0 Å². The van der Waals surface area contributed by atoms with Gasteiger partial charge in [0.25, 0.3) is 0 Å². The van der Waals surface area contributed by atoms with E-state index in [1.807, 2.05) is 48.5 Å². The highest BCUT2D eigenvalue weighted by Crippen LogP contribution is 1.98. The molecule has 0 fully saturated rings. The molecule has 0 saturated carbocycles. The zero-order valence-electron chi connectivity index (χ0n) is 33.8. The van der Waals surface area contributed by atoms with E-state index < -0.39 is 0 Å². The monoisotopic (exact) mass is 707 g/mol. The summed E-state index contributed by atoms with van der Waals surface area (Å²) in [6.07, 6.45) is 5.38. The maximum atomic E-state index is 10.6. The maximum absolute atomic E-state index is 10.6. The molecule has 12 nitrogen and oxygen atoms in total.